The lowest BCUT2D eigenvalue weighted by Gasteiger charge is -2.05. The lowest BCUT2D eigenvalue weighted by Crippen LogP contribution is -1.99. The molecule has 3 nitrogen and oxygen atoms in total. The fourth-order valence-electron chi connectivity index (χ4n) is 1.58. The highest BCUT2D eigenvalue weighted by Gasteiger charge is 2.11. The van der Waals surface area contributed by atoms with Crippen LogP contribution in [-0.4, -0.2) is 14.7 Å². The monoisotopic (exact) mass is 267 g/mol. The average molecular weight is 267 g/mol. The minimum atomic E-state index is -3.20. The summed E-state index contributed by atoms with van der Waals surface area (Å²) < 4.78 is 22.8. The Labute approximate surface area is 105 Å². The van der Waals surface area contributed by atoms with Gasteiger partial charge in [0.15, 0.2) is 9.84 Å². The Balaban J connectivity index is 2.53. The zero-order valence-corrected chi connectivity index (χ0v) is 11.2. The van der Waals surface area contributed by atoms with Gasteiger partial charge in [0.1, 0.15) is 0 Å². The van der Waals surface area contributed by atoms with E-state index in [2.05, 4.69) is 0 Å². The van der Waals surface area contributed by atoms with Crippen LogP contribution in [0.3, 0.4) is 0 Å². The van der Waals surface area contributed by atoms with Crippen molar-refractivity contribution in [1.82, 2.24) is 0 Å². The summed E-state index contributed by atoms with van der Waals surface area (Å²) in [5, 5.41) is 0. The quantitative estimate of drug-likeness (QED) is 0.851. The number of hydrogen-bond acceptors (Lipinski definition) is 4. The van der Waals surface area contributed by atoms with Gasteiger partial charge in [-0.1, -0.05) is 6.07 Å². The second kappa shape index (κ2) is 4.16. The van der Waals surface area contributed by atoms with Crippen LogP contribution in [0, 0.1) is 6.92 Å². The summed E-state index contributed by atoms with van der Waals surface area (Å²) in [5.74, 6) is 0. The molecule has 0 unspecified atom stereocenters. The first kappa shape index (κ1) is 12.1. The second-order valence-electron chi connectivity index (χ2n) is 3.93. The zero-order chi connectivity index (χ0) is 12.6. The first-order valence-electron chi connectivity index (χ1n) is 5.04. The average Bonchev–Trinajstić information content (AvgIpc) is 2.63. The van der Waals surface area contributed by atoms with Gasteiger partial charge in [0.05, 0.1) is 4.90 Å². The molecule has 1 heterocycles. The highest BCUT2D eigenvalue weighted by molar-refractivity contribution is 7.90. The Bertz CT molecular complexity index is 657. The van der Waals surface area contributed by atoms with Crippen molar-refractivity contribution >= 4 is 26.9 Å². The molecular formula is C12H13NO2S2. The molecule has 2 N–H and O–H groups in total. The topological polar surface area (TPSA) is 60.2 Å². The molecule has 0 atom stereocenters. The SMILES string of the molecule is Cc1ccc(-c2ccc(S(C)(=O)=O)cc2N)s1. The van der Waals surface area contributed by atoms with E-state index >= 15 is 0 Å². The molecule has 1 aromatic heterocycles. The number of hydrogen-bond donors (Lipinski definition) is 1. The third-order valence-corrected chi connectivity index (χ3v) is 4.60. The minimum Gasteiger partial charge on any atom is -0.398 e. The summed E-state index contributed by atoms with van der Waals surface area (Å²) in [6.07, 6.45) is 1.18. The van der Waals surface area contributed by atoms with Crippen LogP contribution in [0.5, 0.6) is 0 Å². The first-order valence-corrected chi connectivity index (χ1v) is 7.75. The van der Waals surface area contributed by atoms with E-state index in [1.165, 1.54) is 17.2 Å². The molecule has 17 heavy (non-hydrogen) atoms. The molecule has 1 aromatic carbocycles. The van der Waals surface area contributed by atoms with Crippen molar-refractivity contribution in [3.63, 3.8) is 0 Å². The molecule has 2 aromatic rings. The summed E-state index contributed by atoms with van der Waals surface area (Å²) in [7, 11) is -3.20. The molecule has 0 radical (unpaired) electrons. The Hall–Kier alpha value is -1.33. The molecular weight excluding hydrogens is 254 g/mol. The van der Waals surface area contributed by atoms with E-state index in [9.17, 15) is 8.42 Å². The van der Waals surface area contributed by atoms with E-state index in [1.54, 1.807) is 23.5 Å². The number of aryl methyl sites for hydroxylation is 1. The van der Waals surface area contributed by atoms with E-state index in [0.29, 0.717) is 5.69 Å². The third-order valence-electron chi connectivity index (χ3n) is 2.46. The lowest BCUT2D eigenvalue weighted by atomic mass is 10.1. The lowest BCUT2D eigenvalue weighted by molar-refractivity contribution is 0.602. The summed E-state index contributed by atoms with van der Waals surface area (Å²) in [6, 6.07) is 8.88. The summed E-state index contributed by atoms with van der Waals surface area (Å²) >= 11 is 1.64. The van der Waals surface area contributed by atoms with Gasteiger partial charge in [0.25, 0.3) is 0 Å². The van der Waals surface area contributed by atoms with Crippen molar-refractivity contribution in [1.29, 1.82) is 0 Å². The Morgan fingerprint density at radius 3 is 2.35 bits per heavy atom. The largest absolute Gasteiger partial charge is 0.398 e. The number of rotatable bonds is 2. The number of benzene rings is 1. The predicted molar refractivity (Wildman–Crippen MR) is 72.0 cm³/mol. The number of thiophene rings is 1. The van der Waals surface area contributed by atoms with Gasteiger partial charge in [-0.2, -0.15) is 0 Å². The summed E-state index contributed by atoms with van der Waals surface area (Å²) in [4.78, 5) is 2.51. The van der Waals surface area contributed by atoms with Crippen LogP contribution in [0.25, 0.3) is 10.4 Å². The molecule has 0 aliphatic carbocycles. The van der Waals surface area contributed by atoms with Crippen LogP contribution >= 0.6 is 11.3 Å². The Morgan fingerprint density at radius 1 is 1.18 bits per heavy atom. The maximum Gasteiger partial charge on any atom is 0.175 e. The van der Waals surface area contributed by atoms with Crippen LogP contribution in [0.4, 0.5) is 5.69 Å². The molecule has 0 aliphatic rings. The van der Waals surface area contributed by atoms with E-state index in [-0.39, 0.29) is 4.90 Å². The van der Waals surface area contributed by atoms with E-state index in [1.807, 2.05) is 19.1 Å². The van der Waals surface area contributed by atoms with Gasteiger partial charge in [-0.25, -0.2) is 8.42 Å². The zero-order valence-electron chi connectivity index (χ0n) is 9.60. The first-order chi connectivity index (χ1) is 7.88. The maximum atomic E-state index is 11.4. The van der Waals surface area contributed by atoms with Gasteiger partial charge in [-0.05, 0) is 31.2 Å². The van der Waals surface area contributed by atoms with Crippen molar-refractivity contribution in [2.45, 2.75) is 11.8 Å². The fourth-order valence-corrected chi connectivity index (χ4v) is 3.15. The van der Waals surface area contributed by atoms with Gasteiger partial charge in [-0.3, -0.25) is 0 Å². The number of sulfone groups is 1. The number of nitrogen functional groups attached to an aromatic ring is 1. The van der Waals surface area contributed by atoms with Crippen molar-refractivity contribution < 1.29 is 8.42 Å². The number of anilines is 1. The highest BCUT2D eigenvalue weighted by Crippen LogP contribution is 2.33. The number of nitrogens with two attached hydrogens (primary N) is 1. The van der Waals surface area contributed by atoms with Gasteiger partial charge in [-0.15, -0.1) is 11.3 Å². The summed E-state index contributed by atoms with van der Waals surface area (Å²) in [5.41, 5.74) is 7.28. The van der Waals surface area contributed by atoms with Crippen LogP contribution in [0.15, 0.2) is 35.2 Å². The Kier molecular flexibility index (Phi) is 2.97. The molecule has 2 rings (SSSR count). The fraction of sp³-hybridized carbons (Fsp3) is 0.167. The maximum absolute atomic E-state index is 11.4. The smallest absolute Gasteiger partial charge is 0.175 e. The molecule has 90 valence electrons. The van der Waals surface area contributed by atoms with E-state index in [4.69, 9.17) is 5.73 Å². The highest BCUT2D eigenvalue weighted by atomic mass is 32.2. The normalized spacial score (nSPS) is 11.6. The molecule has 0 bridgehead atoms. The Morgan fingerprint density at radius 2 is 1.88 bits per heavy atom. The van der Waals surface area contributed by atoms with Crippen molar-refractivity contribution in [3.05, 3.63) is 35.2 Å². The summed E-state index contributed by atoms with van der Waals surface area (Å²) in [6.45, 7) is 2.02. The molecule has 5 heteroatoms. The molecule has 0 fully saturated rings. The van der Waals surface area contributed by atoms with Crippen molar-refractivity contribution in [3.8, 4) is 10.4 Å². The predicted octanol–water partition coefficient (Wildman–Crippen LogP) is 2.71. The molecule has 0 saturated heterocycles. The molecule has 0 spiro atoms. The van der Waals surface area contributed by atoms with Gasteiger partial charge < -0.3 is 5.73 Å². The van der Waals surface area contributed by atoms with Gasteiger partial charge >= 0.3 is 0 Å². The van der Waals surface area contributed by atoms with Gasteiger partial charge in [0, 0.05) is 27.3 Å². The van der Waals surface area contributed by atoms with E-state index in [0.717, 1.165) is 10.4 Å². The second-order valence-corrected chi connectivity index (χ2v) is 7.24. The molecule has 0 saturated carbocycles. The van der Waals surface area contributed by atoms with Gasteiger partial charge in [0.2, 0.25) is 0 Å². The van der Waals surface area contributed by atoms with Crippen LogP contribution in [0.1, 0.15) is 4.88 Å². The third kappa shape index (κ3) is 2.50. The minimum absolute atomic E-state index is 0.257. The van der Waals surface area contributed by atoms with Crippen LogP contribution < -0.4 is 5.73 Å². The van der Waals surface area contributed by atoms with Crippen LogP contribution in [-0.2, 0) is 9.84 Å². The standard InChI is InChI=1S/C12H13NO2S2/c1-8-3-6-12(16-8)10-5-4-9(7-11(10)13)17(2,14)15/h3-7H,13H2,1-2H3. The van der Waals surface area contributed by atoms with Crippen molar-refractivity contribution in [2.75, 3.05) is 12.0 Å². The van der Waals surface area contributed by atoms with Crippen LogP contribution in [0.2, 0.25) is 0 Å². The molecule has 0 aliphatic heterocycles. The van der Waals surface area contributed by atoms with Crippen molar-refractivity contribution in [2.24, 2.45) is 0 Å². The van der Waals surface area contributed by atoms with E-state index < -0.39 is 9.84 Å². The molecule has 0 amide bonds.